The van der Waals surface area contributed by atoms with Gasteiger partial charge in [-0.15, -0.1) is 0 Å². The zero-order valence-corrected chi connectivity index (χ0v) is 11.0. The van der Waals surface area contributed by atoms with Crippen LogP contribution in [-0.4, -0.2) is 37.6 Å². The van der Waals surface area contributed by atoms with Gasteiger partial charge in [-0.25, -0.2) is 0 Å². The second-order valence-electron chi connectivity index (χ2n) is 5.71. The SMILES string of the molecule is CCC(CNC)N1CCC2CCCCC2C1. The molecular weight excluding hydrogens is 196 g/mol. The van der Waals surface area contributed by atoms with E-state index < -0.39 is 0 Å². The van der Waals surface area contributed by atoms with E-state index in [4.69, 9.17) is 0 Å². The summed E-state index contributed by atoms with van der Waals surface area (Å²) >= 11 is 0. The molecule has 1 saturated heterocycles. The Morgan fingerprint density at radius 1 is 1.19 bits per heavy atom. The zero-order chi connectivity index (χ0) is 11.4. The van der Waals surface area contributed by atoms with Crippen LogP contribution in [0.15, 0.2) is 0 Å². The van der Waals surface area contributed by atoms with Gasteiger partial charge in [-0.05, 0) is 44.7 Å². The Labute approximate surface area is 101 Å². The van der Waals surface area contributed by atoms with Crippen LogP contribution in [0.4, 0.5) is 0 Å². The smallest absolute Gasteiger partial charge is 0.0218 e. The van der Waals surface area contributed by atoms with Gasteiger partial charge in [0.05, 0.1) is 0 Å². The highest BCUT2D eigenvalue weighted by Gasteiger charge is 2.32. The number of nitrogens with one attached hydrogen (secondary N) is 1. The summed E-state index contributed by atoms with van der Waals surface area (Å²) in [7, 11) is 2.08. The molecular formula is C14H28N2. The molecule has 1 saturated carbocycles. The van der Waals surface area contributed by atoms with Crippen LogP contribution in [0, 0.1) is 11.8 Å². The Morgan fingerprint density at radius 2 is 1.94 bits per heavy atom. The van der Waals surface area contributed by atoms with Gasteiger partial charge < -0.3 is 5.32 Å². The van der Waals surface area contributed by atoms with E-state index in [0.29, 0.717) is 0 Å². The fourth-order valence-corrected chi connectivity index (χ4v) is 3.73. The Kier molecular flexibility index (Phi) is 4.66. The number of piperidine rings is 1. The van der Waals surface area contributed by atoms with Crippen molar-refractivity contribution in [3.63, 3.8) is 0 Å². The van der Waals surface area contributed by atoms with Crippen LogP contribution in [0.1, 0.15) is 45.4 Å². The molecule has 3 unspecified atom stereocenters. The standard InChI is InChI=1S/C14H28N2/c1-3-14(10-15-2)16-9-8-12-6-4-5-7-13(12)11-16/h12-15H,3-11H2,1-2H3. The number of likely N-dealkylation sites (tertiary alicyclic amines) is 1. The first-order valence-corrected chi connectivity index (χ1v) is 7.23. The number of rotatable bonds is 4. The number of likely N-dealkylation sites (N-methyl/N-ethyl adjacent to an activating group) is 1. The Hall–Kier alpha value is -0.0800. The molecule has 0 aromatic rings. The van der Waals surface area contributed by atoms with Crippen LogP contribution in [0.3, 0.4) is 0 Å². The first-order valence-electron chi connectivity index (χ1n) is 7.23. The van der Waals surface area contributed by atoms with Crippen molar-refractivity contribution in [1.29, 1.82) is 0 Å². The van der Waals surface area contributed by atoms with Gasteiger partial charge in [0.15, 0.2) is 0 Å². The molecule has 94 valence electrons. The van der Waals surface area contributed by atoms with Crippen molar-refractivity contribution in [3.05, 3.63) is 0 Å². The Balaban J connectivity index is 1.88. The van der Waals surface area contributed by atoms with Crippen molar-refractivity contribution < 1.29 is 0 Å². The van der Waals surface area contributed by atoms with E-state index in [-0.39, 0.29) is 0 Å². The molecule has 1 N–H and O–H groups in total. The summed E-state index contributed by atoms with van der Waals surface area (Å²) in [5.74, 6) is 2.09. The summed E-state index contributed by atoms with van der Waals surface area (Å²) in [6.07, 6.45) is 8.74. The van der Waals surface area contributed by atoms with E-state index in [0.717, 1.165) is 24.4 Å². The van der Waals surface area contributed by atoms with Gasteiger partial charge in [-0.3, -0.25) is 4.90 Å². The third-order valence-corrected chi connectivity index (χ3v) is 4.75. The van der Waals surface area contributed by atoms with Crippen LogP contribution < -0.4 is 5.32 Å². The minimum atomic E-state index is 0.771. The highest BCUT2D eigenvalue weighted by atomic mass is 15.2. The summed E-state index contributed by atoms with van der Waals surface area (Å²) < 4.78 is 0. The highest BCUT2D eigenvalue weighted by molar-refractivity contribution is 4.86. The van der Waals surface area contributed by atoms with E-state index in [1.54, 1.807) is 0 Å². The molecule has 0 spiro atoms. The summed E-state index contributed by atoms with van der Waals surface area (Å²) in [6, 6.07) is 0.771. The number of hydrogen-bond donors (Lipinski definition) is 1. The number of fused-ring (bicyclic) bond motifs is 1. The van der Waals surface area contributed by atoms with Gasteiger partial charge in [-0.1, -0.05) is 26.2 Å². The van der Waals surface area contributed by atoms with Crippen LogP contribution >= 0.6 is 0 Å². The predicted octanol–water partition coefficient (Wildman–Crippen LogP) is 2.50. The minimum absolute atomic E-state index is 0.771. The predicted molar refractivity (Wildman–Crippen MR) is 69.6 cm³/mol. The maximum absolute atomic E-state index is 3.35. The van der Waals surface area contributed by atoms with Crippen LogP contribution in [0.25, 0.3) is 0 Å². The summed E-state index contributed by atoms with van der Waals surface area (Å²) in [4.78, 5) is 2.75. The van der Waals surface area contributed by atoms with Gasteiger partial charge in [0, 0.05) is 19.1 Å². The highest BCUT2D eigenvalue weighted by Crippen LogP contribution is 2.36. The van der Waals surface area contributed by atoms with Crippen molar-refractivity contribution in [3.8, 4) is 0 Å². The molecule has 0 aromatic heterocycles. The molecule has 0 radical (unpaired) electrons. The van der Waals surface area contributed by atoms with Crippen LogP contribution in [0.5, 0.6) is 0 Å². The molecule has 2 heteroatoms. The molecule has 0 aromatic carbocycles. The fourth-order valence-electron chi connectivity index (χ4n) is 3.73. The molecule has 0 amide bonds. The van der Waals surface area contributed by atoms with Gasteiger partial charge in [0.25, 0.3) is 0 Å². The van der Waals surface area contributed by atoms with Crippen molar-refractivity contribution >= 4 is 0 Å². The van der Waals surface area contributed by atoms with Crippen molar-refractivity contribution in [1.82, 2.24) is 10.2 Å². The normalized spacial score (nSPS) is 33.4. The summed E-state index contributed by atoms with van der Waals surface area (Å²) in [5.41, 5.74) is 0. The van der Waals surface area contributed by atoms with Gasteiger partial charge >= 0.3 is 0 Å². The third-order valence-electron chi connectivity index (χ3n) is 4.75. The molecule has 2 fully saturated rings. The molecule has 0 bridgehead atoms. The minimum Gasteiger partial charge on any atom is -0.318 e. The van der Waals surface area contributed by atoms with Crippen LogP contribution in [0.2, 0.25) is 0 Å². The molecule has 2 rings (SSSR count). The monoisotopic (exact) mass is 224 g/mol. The van der Waals surface area contributed by atoms with E-state index >= 15 is 0 Å². The van der Waals surface area contributed by atoms with E-state index in [9.17, 15) is 0 Å². The zero-order valence-electron chi connectivity index (χ0n) is 11.0. The molecule has 2 nitrogen and oxygen atoms in total. The van der Waals surface area contributed by atoms with Gasteiger partial charge in [-0.2, -0.15) is 0 Å². The lowest BCUT2D eigenvalue weighted by molar-refractivity contribution is 0.0557. The lowest BCUT2D eigenvalue weighted by Crippen LogP contribution is -2.49. The molecule has 3 atom stereocenters. The molecule has 1 aliphatic heterocycles. The maximum Gasteiger partial charge on any atom is 0.0218 e. The number of hydrogen-bond acceptors (Lipinski definition) is 2. The third kappa shape index (κ3) is 2.78. The quantitative estimate of drug-likeness (QED) is 0.789. The Bertz CT molecular complexity index is 205. The lowest BCUT2D eigenvalue weighted by Gasteiger charge is -2.44. The first-order chi connectivity index (χ1) is 7.85. The second kappa shape index (κ2) is 6.02. The largest absolute Gasteiger partial charge is 0.318 e. The topological polar surface area (TPSA) is 15.3 Å². The average molecular weight is 224 g/mol. The van der Waals surface area contributed by atoms with E-state index in [1.165, 1.54) is 51.6 Å². The van der Waals surface area contributed by atoms with Gasteiger partial charge in [0.1, 0.15) is 0 Å². The average Bonchev–Trinajstić information content (AvgIpc) is 2.35. The summed E-state index contributed by atoms with van der Waals surface area (Å²) in [6.45, 7) is 6.22. The first kappa shape index (κ1) is 12.4. The molecule has 1 aliphatic carbocycles. The Morgan fingerprint density at radius 3 is 2.62 bits per heavy atom. The van der Waals surface area contributed by atoms with Crippen molar-refractivity contribution in [2.45, 2.75) is 51.5 Å². The fraction of sp³-hybridized carbons (Fsp3) is 1.00. The number of nitrogens with zero attached hydrogens (tertiary/aromatic N) is 1. The van der Waals surface area contributed by atoms with E-state index in [1.807, 2.05) is 0 Å². The van der Waals surface area contributed by atoms with E-state index in [2.05, 4.69) is 24.2 Å². The van der Waals surface area contributed by atoms with Crippen molar-refractivity contribution in [2.24, 2.45) is 11.8 Å². The molecule has 1 heterocycles. The lowest BCUT2D eigenvalue weighted by atomic mass is 9.75. The molecule has 2 aliphatic rings. The van der Waals surface area contributed by atoms with Gasteiger partial charge in [0.2, 0.25) is 0 Å². The summed E-state index contributed by atoms with van der Waals surface area (Å²) in [5, 5.41) is 3.35. The maximum atomic E-state index is 3.35. The molecule has 16 heavy (non-hydrogen) atoms. The second-order valence-corrected chi connectivity index (χ2v) is 5.71. The van der Waals surface area contributed by atoms with Crippen LogP contribution in [-0.2, 0) is 0 Å². The van der Waals surface area contributed by atoms with Crippen molar-refractivity contribution in [2.75, 3.05) is 26.7 Å².